The van der Waals surface area contributed by atoms with Gasteiger partial charge in [0.2, 0.25) is 0 Å². The van der Waals surface area contributed by atoms with E-state index in [-0.39, 0.29) is 12.5 Å². The van der Waals surface area contributed by atoms with E-state index in [0.717, 1.165) is 11.3 Å². The highest BCUT2D eigenvalue weighted by molar-refractivity contribution is 6.44. The van der Waals surface area contributed by atoms with Crippen molar-refractivity contribution in [2.24, 2.45) is 0 Å². The van der Waals surface area contributed by atoms with Crippen molar-refractivity contribution < 1.29 is 14.3 Å². The van der Waals surface area contributed by atoms with E-state index >= 15 is 0 Å². The van der Waals surface area contributed by atoms with Gasteiger partial charge in [-0.1, -0.05) is 48.5 Å². The summed E-state index contributed by atoms with van der Waals surface area (Å²) in [5.74, 6) is -0.676. The molecule has 0 N–H and O–H groups in total. The van der Waals surface area contributed by atoms with Crippen LogP contribution in [0, 0.1) is 0 Å². The van der Waals surface area contributed by atoms with Crippen LogP contribution in [0.15, 0.2) is 54.6 Å². The zero-order chi connectivity index (χ0) is 16.4. The lowest BCUT2D eigenvalue weighted by molar-refractivity contribution is -0.136. The zero-order valence-corrected chi connectivity index (χ0v) is 13.1. The minimum Gasteiger partial charge on any atom is -0.462 e. The van der Waals surface area contributed by atoms with Crippen LogP contribution in [0.5, 0.6) is 0 Å². The fourth-order valence-corrected chi connectivity index (χ4v) is 2.78. The Hall–Kier alpha value is -2.88. The molecule has 1 aliphatic heterocycles. The van der Waals surface area contributed by atoms with E-state index in [9.17, 15) is 9.59 Å². The van der Waals surface area contributed by atoms with Crippen molar-refractivity contribution in [3.05, 3.63) is 65.7 Å². The molecule has 1 heterocycles. The average Bonchev–Trinajstić information content (AvgIpc) is 2.82. The number of esters is 1. The van der Waals surface area contributed by atoms with E-state index in [1.807, 2.05) is 54.6 Å². The number of hydrogen-bond acceptors (Lipinski definition) is 3. The van der Waals surface area contributed by atoms with Crippen molar-refractivity contribution in [2.45, 2.75) is 6.92 Å². The SMILES string of the molecule is CCOC(=O)/C(=C1\C(=O)N(C)c2ccccc21)c1ccccc1. The maximum atomic E-state index is 12.7. The number of rotatable bonds is 3. The molecule has 0 atom stereocenters. The Labute approximate surface area is 135 Å². The predicted molar refractivity (Wildman–Crippen MR) is 89.7 cm³/mol. The first-order valence-corrected chi connectivity index (χ1v) is 7.49. The van der Waals surface area contributed by atoms with E-state index in [4.69, 9.17) is 4.74 Å². The van der Waals surface area contributed by atoms with Crippen LogP contribution in [-0.4, -0.2) is 25.5 Å². The third kappa shape index (κ3) is 2.52. The van der Waals surface area contributed by atoms with Gasteiger partial charge in [0.05, 0.1) is 23.4 Å². The normalized spacial score (nSPS) is 15.4. The molecule has 4 nitrogen and oxygen atoms in total. The summed E-state index contributed by atoms with van der Waals surface area (Å²) < 4.78 is 5.20. The quantitative estimate of drug-likeness (QED) is 0.646. The number of hydrogen-bond donors (Lipinski definition) is 0. The van der Waals surface area contributed by atoms with Gasteiger partial charge < -0.3 is 9.64 Å². The number of carbonyl (C=O) groups excluding carboxylic acids is 2. The van der Waals surface area contributed by atoms with Crippen LogP contribution in [0.1, 0.15) is 18.1 Å². The van der Waals surface area contributed by atoms with E-state index < -0.39 is 5.97 Å². The number of amides is 1. The number of fused-ring (bicyclic) bond motifs is 1. The highest BCUT2D eigenvalue weighted by Crippen LogP contribution is 2.40. The molecule has 0 spiro atoms. The van der Waals surface area contributed by atoms with Crippen LogP contribution in [-0.2, 0) is 14.3 Å². The lowest BCUT2D eigenvalue weighted by atomic mass is 9.95. The first-order chi connectivity index (χ1) is 11.1. The molecule has 2 aromatic rings. The van der Waals surface area contributed by atoms with Crippen LogP contribution >= 0.6 is 0 Å². The summed E-state index contributed by atoms with van der Waals surface area (Å²) in [6.45, 7) is 2.01. The molecule has 0 unspecified atom stereocenters. The number of benzene rings is 2. The highest BCUT2D eigenvalue weighted by Gasteiger charge is 2.34. The number of para-hydroxylation sites is 1. The molecular formula is C19H17NO3. The molecule has 0 bridgehead atoms. The molecule has 3 rings (SSSR count). The van der Waals surface area contributed by atoms with Crippen molar-refractivity contribution in [1.29, 1.82) is 0 Å². The van der Waals surface area contributed by atoms with Crippen molar-refractivity contribution in [1.82, 2.24) is 0 Å². The summed E-state index contributed by atoms with van der Waals surface area (Å²) in [6.07, 6.45) is 0. The molecule has 0 aromatic heterocycles. The minimum atomic E-state index is -0.479. The Balaban J connectivity index is 2.29. The summed E-state index contributed by atoms with van der Waals surface area (Å²) in [5, 5.41) is 0. The van der Waals surface area contributed by atoms with Gasteiger partial charge in [-0.3, -0.25) is 4.79 Å². The summed E-state index contributed by atoms with van der Waals surface area (Å²) in [5.41, 5.74) is 2.94. The lowest BCUT2D eigenvalue weighted by Crippen LogP contribution is -2.22. The molecule has 1 amide bonds. The van der Waals surface area contributed by atoms with Gasteiger partial charge in [-0.05, 0) is 18.6 Å². The van der Waals surface area contributed by atoms with Crippen molar-refractivity contribution in [2.75, 3.05) is 18.6 Å². The fraction of sp³-hybridized carbons (Fsp3) is 0.158. The first kappa shape index (κ1) is 15.0. The predicted octanol–water partition coefficient (Wildman–Crippen LogP) is 3.14. The molecule has 1 aliphatic rings. The maximum absolute atomic E-state index is 12.7. The van der Waals surface area contributed by atoms with Crippen LogP contribution in [0.4, 0.5) is 5.69 Å². The summed E-state index contributed by atoms with van der Waals surface area (Å²) >= 11 is 0. The van der Waals surface area contributed by atoms with Gasteiger partial charge >= 0.3 is 5.97 Å². The second-order valence-electron chi connectivity index (χ2n) is 5.22. The molecule has 4 heteroatoms. The van der Waals surface area contributed by atoms with Crippen LogP contribution in [0.25, 0.3) is 11.1 Å². The minimum absolute atomic E-state index is 0.196. The Morgan fingerprint density at radius 3 is 2.39 bits per heavy atom. The molecule has 0 saturated carbocycles. The summed E-state index contributed by atoms with van der Waals surface area (Å²) in [6, 6.07) is 16.6. The topological polar surface area (TPSA) is 46.6 Å². The maximum Gasteiger partial charge on any atom is 0.339 e. The monoisotopic (exact) mass is 307 g/mol. The molecule has 2 aromatic carbocycles. The zero-order valence-electron chi connectivity index (χ0n) is 13.1. The molecule has 0 saturated heterocycles. The Bertz CT molecular complexity index is 793. The van der Waals surface area contributed by atoms with Gasteiger partial charge in [0.1, 0.15) is 0 Å². The third-order valence-corrected chi connectivity index (χ3v) is 3.85. The van der Waals surface area contributed by atoms with Crippen LogP contribution in [0.3, 0.4) is 0 Å². The van der Waals surface area contributed by atoms with Crippen LogP contribution in [0.2, 0.25) is 0 Å². The van der Waals surface area contributed by atoms with Crippen molar-refractivity contribution in [3.63, 3.8) is 0 Å². The highest BCUT2D eigenvalue weighted by atomic mass is 16.5. The molecular weight excluding hydrogens is 290 g/mol. The lowest BCUT2D eigenvalue weighted by Gasteiger charge is -2.11. The van der Waals surface area contributed by atoms with E-state index in [1.165, 1.54) is 0 Å². The largest absolute Gasteiger partial charge is 0.462 e. The number of ether oxygens (including phenoxy) is 1. The van der Waals surface area contributed by atoms with E-state index in [2.05, 4.69) is 0 Å². The Morgan fingerprint density at radius 1 is 1.04 bits per heavy atom. The second kappa shape index (κ2) is 6.08. The number of nitrogens with zero attached hydrogens (tertiary/aromatic N) is 1. The summed E-state index contributed by atoms with van der Waals surface area (Å²) in [7, 11) is 1.71. The number of carbonyl (C=O) groups is 2. The van der Waals surface area contributed by atoms with Crippen molar-refractivity contribution >= 4 is 28.7 Å². The molecule has 0 fully saturated rings. The number of anilines is 1. The van der Waals surface area contributed by atoms with Gasteiger partial charge in [0.25, 0.3) is 5.91 Å². The van der Waals surface area contributed by atoms with Gasteiger partial charge in [-0.15, -0.1) is 0 Å². The number of likely N-dealkylation sites (N-methyl/N-ethyl adjacent to an activating group) is 1. The molecule has 116 valence electrons. The van der Waals surface area contributed by atoms with Gasteiger partial charge in [-0.2, -0.15) is 0 Å². The second-order valence-corrected chi connectivity index (χ2v) is 5.22. The van der Waals surface area contributed by atoms with Gasteiger partial charge in [0.15, 0.2) is 0 Å². The van der Waals surface area contributed by atoms with E-state index in [1.54, 1.807) is 18.9 Å². The third-order valence-electron chi connectivity index (χ3n) is 3.85. The average molecular weight is 307 g/mol. The standard InChI is InChI=1S/C19H17NO3/c1-3-23-19(22)16(13-9-5-4-6-10-13)17-14-11-7-8-12-15(14)20(2)18(17)21/h4-12H,3H2,1-2H3/b17-16-. The summed E-state index contributed by atoms with van der Waals surface area (Å²) in [4.78, 5) is 26.9. The Morgan fingerprint density at radius 2 is 1.70 bits per heavy atom. The van der Waals surface area contributed by atoms with Crippen molar-refractivity contribution in [3.8, 4) is 0 Å². The van der Waals surface area contributed by atoms with Crippen LogP contribution < -0.4 is 4.90 Å². The molecule has 0 radical (unpaired) electrons. The first-order valence-electron chi connectivity index (χ1n) is 7.49. The Kier molecular flexibility index (Phi) is 3.98. The fourth-order valence-electron chi connectivity index (χ4n) is 2.78. The molecule has 0 aliphatic carbocycles. The van der Waals surface area contributed by atoms with Gasteiger partial charge in [-0.25, -0.2) is 4.79 Å². The van der Waals surface area contributed by atoms with E-state index in [0.29, 0.717) is 16.7 Å². The smallest absolute Gasteiger partial charge is 0.339 e. The molecule has 23 heavy (non-hydrogen) atoms. The van der Waals surface area contributed by atoms with Gasteiger partial charge in [0, 0.05) is 12.6 Å².